The van der Waals surface area contributed by atoms with Crippen LogP contribution in [0.4, 0.5) is 0 Å². The molecule has 3 N–H and O–H groups in total. The minimum Gasteiger partial charge on any atom is -0.345 e. The van der Waals surface area contributed by atoms with Crippen molar-refractivity contribution in [2.24, 2.45) is 0 Å². The minimum absolute atomic E-state index is 0.0404. The molecule has 1 saturated carbocycles. The summed E-state index contributed by atoms with van der Waals surface area (Å²) >= 11 is 12.4. The average molecular weight is 410 g/mol. The molecular weight excluding hydrogens is 393 g/mol. The highest BCUT2D eigenvalue weighted by atomic mass is 35.5. The molecule has 0 radical (unpaired) electrons. The van der Waals surface area contributed by atoms with Gasteiger partial charge in [0.2, 0.25) is 0 Å². The topological polar surface area (TPSA) is 105 Å². The van der Waals surface area contributed by atoms with Crippen LogP contribution in [0.2, 0.25) is 10.2 Å². The van der Waals surface area contributed by atoms with Crippen molar-refractivity contribution in [1.29, 1.82) is 0 Å². The Kier molecular flexibility index (Phi) is 5.67. The zero-order valence-corrected chi connectivity index (χ0v) is 15.9. The van der Waals surface area contributed by atoms with Gasteiger partial charge in [0.1, 0.15) is 10.7 Å². The first-order chi connectivity index (χ1) is 12.9. The second kappa shape index (κ2) is 7.98. The highest BCUT2D eigenvalue weighted by Crippen LogP contribution is 2.23. The summed E-state index contributed by atoms with van der Waals surface area (Å²) in [5, 5.41) is 7.43. The first-order valence-corrected chi connectivity index (χ1v) is 9.00. The fourth-order valence-corrected chi connectivity index (χ4v) is 2.93. The maximum Gasteiger partial charge on any atom is 0.327 e. The van der Waals surface area contributed by atoms with E-state index in [4.69, 9.17) is 23.2 Å². The molecule has 1 aromatic carbocycles. The van der Waals surface area contributed by atoms with Crippen LogP contribution in [-0.4, -0.2) is 33.5 Å². The van der Waals surface area contributed by atoms with Gasteiger partial charge in [-0.2, -0.15) is 5.10 Å². The van der Waals surface area contributed by atoms with E-state index < -0.39 is 17.7 Å². The highest BCUT2D eigenvalue weighted by molar-refractivity contribution is 6.36. The summed E-state index contributed by atoms with van der Waals surface area (Å²) in [7, 11) is 0. The Labute approximate surface area is 165 Å². The van der Waals surface area contributed by atoms with Crippen molar-refractivity contribution < 1.29 is 14.4 Å². The standard InChI is InChI=1S/C17H17Cl2N5O3/c1-9-13(15(25)21-22-17(27)16(26)20-11-6-7-11)14(19)24(23-9)8-10-4-2-3-5-12(10)18/h2-5,11H,6-8H2,1H3,(H,20,26)(H,21,25)(H,22,27). The van der Waals surface area contributed by atoms with E-state index in [1.165, 1.54) is 4.68 Å². The number of hydrogen-bond donors (Lipinski definition) is 3. The number of hydrazine groups is 1. The normalized spacial score (nSPS) is 13.1. The van der Waals surface area contributed by atoms with E-state index in [0.29, 0.717) is 10.7 Å². The van der Waals surface area contributed by atoms with Gasteiger partial charge in [-0.15, -0.1) is 0 Å². The third kappa shape index (κ3) is 4.58. The number of rotatable bonds is 4. The number of nitrogens with zero attached hydrogens (tertiary/aromatic N) is 2. The fourth-order valence-electron chi connectivity index (χ4n) is 2.42. The van der Waals surface area contributed by atoms with Gasteiger partial charge < -0.3 is 5.32 Å². The Bertz CT molecular complexity index is 908. The van der Waals surface area contributed by atoms with E-state index >= 15 is 0 Å². The molecule has 8 nitrogen and oxygen atoms in total. The van der Waals surface area contributed by atoms with Crippen LogP contribution in [0.5, 0.6) is 0 Å². The Balaban J connectivity index is 1.66. The van der Waals surface area contributed by atoms with Crippen LogP contribution in [0.15, 0.2) is 24.3 Å². The second-order valence-corrected chi connectivity index (χ2v) is 6.92. The van der Waals surface area contributed by atoms with Gasteiger partial charge in [0, 0.05) is 11.1 Å². The monoisotopic (exact) mass is 409 g/mol. The summed E-state index contributed by atoms with van der Waals surface area (Å²) in [6, 6.07) is 7.26. The lowest BCUT2D eigenvalue weighted by molar-refractivity contribution is -0.139. The lowest BCUT2D eigenvalue weighted by atomic mass is 10.2. The van der Waals surface area contributed by atoms with E-state index in [9.17, 15) is 14.4 Å². The summed E-state index contributed by atoms with van der Waals surface area (Å²) in [5.74, 6) is -2.42. The van der Waals surface area contributed by atoms with E-state index in [-0.39, 0.29) is 23.3 Å². The Morgan fingerprint density at radius 3 is 2.52 bits per heavy atom. The van der Waals surface area contributed by atoms with Gasteiger partial charge in [-0.3, -0.25) is 25.2 Å². The van der Waals surface area contributed by atoms with Crippen LogP contribution in [0.25, 0.3) is 0 Å². The lowest BCUT2D eigenvalue weighted by Crippen LogP contribution is -2.49. The number of carbonyl (C=O) groups is 3. The van der Waals surface area contributed by atoms with Crippen LogP contribution >= 0.6 is 23.2 Å². The van der Waals surface area contributed by atoms with Crippen molar-refractivity contribution in [2.75, 3.05) is 0 Å². The molecule has 1 heterocycles. The zero-order chi connectivity index (χ0) is 19.6. The summed E-state index contributed by atoms with van der Waals surface area (Å²) < 4.78 is 1.44. The van der Waals surface area contributed by atoms with Crippen molar-refractivity contribution in [3.8, 4) is 0 Å². The summed E-state index contributed by atoms with van der Waals surface area (Å²) in [6.07, 6.45) is 1.70. The van der Waals surface area contributed by atoms with Crippen molar-refractivity contribution >= 4 is 40.9 Å². The van der Waals surface area contributed by atoms with Crippen molar-refractivity contribution in [2.45, 2.75) is 32.4 Å². The number of aryl methyl sites for hydroxylation is 1. The number of halogens is 2. The van der Waals surface area contributed by atoms with E-state index in [0.717, 1.165) is 18.4 Å². The minimum atomic E-state index is -0.951. The zero-order valence-electron chi connectivity index (χ0n) is 14.4. The van der Waals surface area contributed by atoms with Gasteiger partial charge >= 0.3 is 11.8 Å². The molecule has 0 unspecified atom stereocenters. The molecule has 27 heavy (non-hydrogen) atoms. The number of amides is 3. The van der Waals surface area contributed by atoms with Crippen LogP contribution in [0.3, 0.4) is 0 Å². The second-order valence-electron chi connectivity index (χ2n) is 6.16. The van der Waals surface area contributed by atoms with Gasteiger partial charge in [0.25, 0.3) is 5.91 Å². The molecule has 0 bridgehead atoms. The molecule has 1 aliphatic rings. The molecule has 10 heteroatoms. The highest BCUT2D eigenvalue weighted by Gasteiger charge is 2.27. The molecular formula is C17H17Cl2N5O3. The van der Waals surface area contributed by atoms with Gasteiger partial charge in [-0.1, -0.05) is 41.4 Å². The molecule has 1 fully saturated rings. The molecule has 0 atom stereocenters. The first kappa shape index (κ1) is 19.2. The van der Waals surface area contributed by atoms with Crippen molar-refractivity contribution in [1.82, 2.24) is 25.9 Å². The van der Waals surface area contributed by atoms with Crippen molar-refractivity contribution in [3.05, 3.63) is 51.3 Å². The molecule has 1 aromatic heterocycles. The molecule has 0 saturated heterocycles. The van der Waals surface area contributed by atoms with Crippen molar-refractivity contribution in [3.63, 3.8) is 0 Å². The number of nitrogens with one attached hydrogen (secondary N) is 3. The Morgan fingerprint density at radius 1 is 1.15 bits per heavy atom. The van der Waals surface area contributed by atoms with Gasteiger partial charge in [0.15, 0.2) is 0 Å². The van der Waals surface area contributed by atoms with Crippen LogP contribution in [0, 0.1) is 6.92 Å². The van der Waals surface area contributed by atoms with Crippen LogP contribution in [0.1, 0.15) is 34.5 Å². The molecule has 3 amide bonds. The number of benzene rings is 1. The first-order valence-electron chi connectivity index (χ1n) is 8.24. The maximum absolute atomic E-state index is 12.4. The third-order valence-electron chi connectivity index (χ3n) is 3.98. The maximum atomic E-state index is 12.4. The van der Waals surface area contributed by atoms with Gasteiger partial charge in [-0.05, 0) is 31.4 Å². The largest absolute Gasteiger partial charge is 0.345 e. The van der Waals surface area contributed by atoms with Gasteiger partial charge in [0.05, 0.1) is 12.2 Å². The summed E-state index contributed by atoms with van der Waals surface area (Å²) in [6.45, 7) is 1.90. The molecule has 142 valence electrons. The molecule has 3 rings (SSSR count). The number of carbonyl (C=O) groups excluding carboxylic acids is 3. The van der Waals surface area contributed by atoms with E-state index in [2.05, 4.69) is 21.3 Å². The predicted octanol–water partition coefficient (Wildman–Crippen LogP) is 1.59. The van der Waals surface area contributed by atoms with E-state index in [1.54, 1.807) is 13.0 Å². The third-order valence-corrected chi connectivity index (χ3v) is 4.73. The number of aromatic nitrogens is 2. The Hall–Kier alpha value is -2.58. The average Bonchev–Trinajstić information content (AvgIpc) is 3.39. The molecule has 1 aliphatic carbocycles. The predicted molar refractivity (Wildman–Crippen MR) is 99.3 cm³/mol. The molecule has 0 aliphatic heterocycles. The fraction of sp³-hybridized carbons (Fsp3) is 0.294. The number of hydrogen-bond acceptors (Lipinski definition) is 4. The SMILES string of the molecule is Cc1nn(Cc2ccccc2Cl)c(Cl)c1C(=O)NNC(=O)C(=O)NC1CC1. The quantitative estimate of drug-likeness (QED) is 0.526. The van der Waals surface area contributed by atoms with Crippen LogP contribution < -0.4 is 16.2 Å². The van der Waals surface area contributed by atoms with Gasteiger partial charge in [-0.25, -0.2) is 4.68 Å². The van der Waals surface area contributed by atoms with E-state index in [1.807, 2.05) is 18.2 Å². The summed E-state index contributed by atoms with van der Waals surface area (Å²) in [4.78, 5) is 35.6. The Morgan fingerprint density at radius 2 is 1.85 bits per heavy atom. The smallest absolute Gasteiger partial charge is 0.327 e. The summed E-state index contributed by atoms with van der Waals surface area (Å²) in [5.41, 5.74) is 5.52. The lowest BCUT2D eigenvalue weighted by Gasteiger charge is -2.08. The molecule has 0 spiro atoms. The van der Waals surface area contributed by atoms with Crippen LogP contribution in [-0.2, 0) is 16.1 Å². The molecule has 2 aromatic rings.